The summed E-state index contributed by atoms with van der Waals surface area (Å²) in [7, 11) is 0. The average Bonchev–Trinajstić information content (AvgIpc) is 2.40. The fraction of sp³-hybridized carbons (Fsp3) is 0.769. The monoisotopic (exact) mass is 270 g/mol. The van der Waals surface area contributed by atoms with Crippen molar-refractivity contribution in [1.82, 2.24) is 10.6 Å². The van der Waals surface area contributed by atoms with Crippen LogP contribution in [0.5, 0.6) is 0 Å². The van der Waals surface area contributed by atoms with Gasteiger partial charge in [-0.15, -0.1) is 18.2 Å². The Bertz CT molecular complexity index is 273. The van der Waals surface area contributed by atoms with Crippen molar-refractivity contribution in [2.45, 2.75) is 25.4 Å². The fourth-order valence-electron chi connectivity index (χ4n) is 1.76. The molecule has 1 saturated heterocycles. The highest BCUT2D eigenvalue weighted by molar-refractivity contribution is 7.99. The van der Waals surface area contributed by atoms with Gasteiger partial charge in [0.1, 0.15) is 0 Å². The second kappa shape index (κ2) is 10.2. The lowest BCUT2D eigenvalue weighted by Crippen LogP contribution is -2.33. The molecule has 18 heavy (non-hydrogen) atoms. The summed E-state index contributed by atoms with van der Waals surface area (Å²) in [5.74, 6) is 4.18. The van der Waals surface area contributed by atoms with E-state index in [0.29, 0.717) is 31.4 Å². The SMILES string of the molecule is C#CCSCCNC(=O)CCOC1CCNCC1. The van der Waals surface area contributed by atoms with E-state index in [1.54, 1.807) is 11.8 Å². The number of carbonyl (C=O) groups is 1. The molecular formula is C13H22N2O2S. The molecule has 1 rings (SSSR count). The average molecular weight is 270 g/mol. The summed E-state index contributed by atoms with van der Waals surface area (Å²) in [4.78, 5) is 11.5. The lowest BCUT2D eigenvalue weighted by Gasteiger charge is -2.22. The highest BCUT2D eigenvalue weighted by Gasteiger charge is 2.13. The number of hydrogen-bond acceptors (Lipinski definition) is 4. The summed E-state index contributed by atoms with van der Waals surface area (Å²) in [6, 6.07) is 0. The third kappa shape index (κ3) is 7.59. The summed E-state index contributed by atoms with van der Waals surface area (Å²) in [5.41, 5.74) is 0. The van der Waals surface area contributed by atoms with Crippen LogP contribution < -0.4 is 10.6 Å². The standard InChI is InChI=1S/C13H22N2O2S/c1-2-10-18-11-8-15-13(16)5-9-17-12-3-6-14-7-4-12/h1,12,14H,3-11H2,(H,15,16). The highest BCUT2D eigenvalue weighted by atomic mass is 32.2. The Morgan fingerprint density at radius 3 is 3.00 bits per heavy atom. The molecule has 0 saturated carbocycles. The lowest BCUT2D eigenvalue weighted by molar-refractivity contribution is -0.122. The maximum atomic E-state index is 11.5. The number of ether oxygens (including phenoxy) is 1. The van der Waals surface area contributed by atoms with Gasteiger partial charge in [0.2, 0.25) is 5.91 Å². The van der Waals surface area contributed by atoms with Crippen molar-refractivity contribution in [2.24, 2.45) is 0 Å². The molecule has 0 atom stereocenters. The molecule has 2 N–H and O–H groups in total. The normalized spacial score (nSPS) is 16.2. The van der Waals surface area contributed by atoms with Gasteiger partial charge >= 0.3 is 0 Å². The summed E-state index contributed by atoms with van der Waals surface area (Å²) < 4.78 is 5.67. The number of terminal acetylenes is 1. The molecule has 0 aromatic carbocycles. The molecule has 102 valence electrons. The van der Waals surface area contributed by atoms with Gasteiger partial charge in [-0.05, 0) is 25.9 Å². The molecule has 1 amide bonds. The van der Waals surface area contributed by atoms with E-state index in [1.807, 2.05) is 0 Å². The summed E-state index contributed by atoms with van der Waals surface area (Å²) in [5, 5.41) is 6.14. The molecule has 5 heteroatoms. The fourth-order valence-corrected chi connectivity index (χ4v) is 2.27. The topological polar surface area (TPSA) is 50.4 Å². The van der Waals surface area contributed by atoms with E-state index in [2.05, 4.69) is 16.6 Å². The Morgan fingerprint density at radius 2 is 2.28 bits per heavy atom. The van der Waals surface area contributed by atoms with Gasteiger partial charge in [0.25, 0.3) is 0 Å². The Hall–Kier alpha value is -0.700. The second-order valence-electron chi connectivity index (χ2n) is 4.18. The quantitative estimate of drug-likeness (QED) is 0.502. The first kappa shape index (κ1) is 15.4. The molecule has 4 nitrogen and oxygen atoms in total. The minimum absolute atomic E-state index is 0.0604. The maximum Gasteiger partial charge on any atom is 0.222 e. The molecule has 0 spiro atoms. The van der Waals surface area contributed by atoms with Crippen molar-refractivity contribution in [3.8, 4) is 12.3 Å². The van der Waals surface area contributed by atoms with Crippen molar-refractivity contribution in [3.63, 3.8) is 0 Å². The van der Waals surface area contributed by atoms with Crippen LogP contribution >= 0.6 is 11.8 Å². The molecule has 0 radical (unpaired) electrons. The van der Waals surface area contributed by atoms with Crippen LogP contribution in [0, 0.1) is 12.3 Å². The molecule has 1 aliphatic heterocycles. The Balaban J connectivity index is 1.91. The third-order valence-corrected chi connectivity index (χ3v) is 3.59. The Kier molecular flexibility index (Phi) is 8.74. The zero-order valence-electron chi connectivity index (χ0n) is 10.7. The van der Waals surface area contributed by atoms with E-state index < -0.39 is 0 Å². The van der Waals surface area contributed by atoms with Gasteiger partial charge in [-0.25, -0.2) is 0 Å². The number of rotatable bonds is 8. The van der Waals surface area contributed by atoms with Crippen LogP contribution in [0.15, 0.2) is 0 Å². The first-order valence-electron chi connectivity index (χ1n) is 6.43. The first-order chi connectivity index (χ1) is 8.83. The molecule has 1 aliphatic rings. The van der Waals surface area contributed by atoms with Crippen molar-refractivity contribution in [1.29, 1.82) is 0 Å². The van der Waals surface area contributed by atoms with E-state index in [-0.39, 0.29) is 5.91 Å². The predicted octanol–water partition coefficient (Wildman–Crippen LogP) is 0.628. The number of amides is 1. The van der Waals surface area contributed by atoms with Gasteiger partial charge in [0.15, 0.2) is 0 Å². The molecule has 0 bridgehead atoms. The zero-order chi connectivity index (χ0) is 13.1. The van der Waals surface area contributed by atoms with E-state index in [1.165, 1.54) is 0 Å². The molecule has 0 aromatic rings. The van der Waals surface area contributed by atoms with Crippen LogP contribution in [0.1, 0.15) is 19.3 Å². The van der Waals surface area contributed by atoms with Crippen molar-refractivity contribution in [2.75, 3.05) is 37.7 Å². The van der Waals surface area contributed by atoms with Crippen molar-refractivity contribution < 1.29 is 9.53 Å². The van der Waals surface area contributed by atoms with E-state index in [4.69, 9.17) is 11.2 Å². The molecule has 0 aromatic heterocycles. The highest BCUT2D eigenvalue weighted by Crippen LogP contribution is 2.07. The van der Waals surface area contributed by atoms with E-state index in [9.17, 15) is 4.79 Å². The number of nitrogens with one attached hydrogen (secondary N) is 2. The van der Waals surface area contributed by atoms with Gasteiger partial charge in [0.05, 0.1) is 18.5 Å². The van der Waals surface area contributed by atoms with Gasteiger partial charge in [-0.2, -0.15) is 0 Å². The maximum absolute atomic E-state index is 11.5. The number of thioether (sulfide) groups is 1. The summed E-state index contributed by atoms with van der Waals surface area (Å²) in [6.07, 6.45) is 7.99. The first-order valence-corrected chi connectivity index (χ1v) is 7.58. The van der Waals surface area contributed by atoms with Crippen LogP contribution in [0.3, 0.4) is 0 Å². The van der Waals surface area contributed by atoms with E-state index in [0.717, 1.165) is 31.7 Å². The lowest BCUT2D eigenvalue weighted by atomic mass is 10.1. The van der Waals surface area contributed by atoms with Crippen LogP contribution in [0.2, 0.25) is 0 Å². The molecule has 1 heterocycles. The minimum atomic E-state index is 0.0604. The van der Waals surface area contributed by atoms with Gasteiger partial charge in [0, 0.05) is 18.7 Å². The Labute approximate surface area is 114 Å². The van der Waals surface area contributed by atoms with Gasteiger partial charge < -0.3 is 15.4 Å². The van der Waals surface area contributed by atoms with Crippen molar-refractivity contribution in [3.05, 3.63) is 0 Å². The van der Waals surface area contributed by atoms with Crippen LogP contribution in [0.25, 0.3) is 0 Å². The summed E-state index contributed by atoms with van der Waals surface area (Å²) in [6.45, 7) is 3.24. The zero-order valence-corrected chi connectivity index (χ0v) is 11.6. The van der Waals surface area contributed by atoms with Crippen molar-refractivity contribution >= 4 is 17.7 Å². The van der Waals surface area contributed by atoms with Crippen LogP contribution in [0.4, 0.5) is 0 Å². The molecule has 0 unspecified atom stereocenters. The Morgan fingerprint density at radius 1 is 1.50 bits per heavy atom. The van der Waals surface area contributed by atoms with Gasteiger partial charge in [-0.3, -0.25) is 4.79 Å². The number of piperidine rings is 1. The number of hydrogen-bond donors (Lipinski definition) is 2. The molecule has 0 aliphatic carbocycles. The summed E-state index contributed by atoms with van der Waals surface area (Å²) >= 11 is 1.65. The van der Waals surface area contributed by atoms with E-state index >= 15 is 0 Å². The molecule has 1 fully saturated rings. The van der Waals surface area contributed by atoms with Crippen LogP contribution in [-0.4, -0.2) is 49.8 Å². The second-order valence-corrected chi connectivity index (χ2v) is 5.28. The third-order valence-electron chi connectivity index (χ3n) is 2.72. The minimum Gasteiger partial charge on any atom is -0.378 e. The smallest absolute Gasteiger partial charge is 0.222 e. The molecular weight excluding hydrogens is 248 g/mol. The van der Waals surface area contributed by atoms with Crippen LogP contribution in [-0.2, 0) is 9.53 Å². The largest absolute Gasteiger partial charge is 0.378 e. The number of carbonyl (C=O) groups excluding carboxylic acids is 1. The van der Waals surface area contributed by atoms with Gasteiger partial charge in [-0.1, -0.05) is 5.92 Å². The predicted molar refractivity (Wildman–Crippen MR) is 75.6 cm³/mol.